The van der Waals surface area contributed by atoms with Gasteiger partial charge in [-0.2, -0.15) is 0 Å². The number of hydrogen-bond acceptors (Lipinski definition) is 3. The van der Waals surface area contributed by atoms with E-state index >= 15 is 0 Å². The molecule has 0 saturated heterocycles. The number of esters is 1. The van der Waals surface area contributed by atoms with E-state index in [0.29, 0.717) is 6.61 Å². The van der Waals surface area contributed by atoms with E-state index < -0.39 is 0 Å². The van der Waals surface area contributed by atoms with Gasteiger partial charge in [0.05, 0.1) is 26.7 Å². The number of rotatable bonds is 18. The van der Waals surface area contributed by atoms with Gasteiger partial charge < -0.3 is 22.3 Å². The summed E-state index contributed by atoms with van der Waals surface area (Å²) in [5.74, 6) is -0.280. The molecule has 0 amide bonds. The number of unbranched alkanes of at least 4 members (excludes halogenated alkanes) is 14. The Labute approximate surface area is 191 Å². The van der Waals surface area contributed by atoms with Crippen molar-refractivity contribution in [3.8, 4) is 0 Å². The Hall–Kier alpha value is -1.07. The van der Waals surface area contributed by atoms with Crippen molar-refractivity contribution >= 4 is 5.97 Å². The molecular formula is C24H47ClN2O3. The van der Waals surface area contributed by atoms with Gasteiger partial charge in [0.1, 0.15) is 12.4 Å². The number of aliphatic hydroxyl groups is 1. The maximum absolute atomic E-state index is 11.0. The largest absolute Gasteiger partial charge is 1.00 e. The van der Waals surface area contributed by atoms with Gasteiger partial charge in [0.25, 0.3) is 0 Å². The van der Waals surface area contributed by atoms with Crippen LogP contribution in [-0.4, -0.2) is 29.3 Å². The second kappa shape index (κ2) is 26.0. The van der Waals surface area contributed by atoms with Gasteiger partial charge in [-0.15, -0.1) is 0 Å². The number of aromatic nitrogens is 2. The van der Waals surface area contributed by atoms with E-state index in [1.54, 1.807) is 0 Å². The van der Waals surface area contributed by atoms with E-state index in [-0.39, 0.29) is 31.4 Å². The molecule has 1 rings (SSSR count). The average molecular weight is 447 g/mol. The van der Waals surface area contributed by atoms with Crippen LogP contribution in [0.1, 0.15) is 110 Å². The highest BCUT2D eigenvalue weighted by Crippen LogP contribution is 2.13. The fraction of sp³-hybridized carbons (Fsp3) is 0.833. The molecule has 0 radical (unpaired) electrons. The molecule has 178 valence electrons. The smallest absolute Gasteiger partial charge is 0.308 e. The van der Waals surface area contributed by atoms with E-state index in [4.69, 9.17) is 9.84 Å². The van der Waals surface area contributed by atoms with Crippen molar-refractivity contribution in [3.05, 3.63) is 18.7 Å². The van der Waals surface area contributed by atoms with Gasteiger partial charge in [-0.1, -0.05) is 96.8 Å². The predicted molar refractivity (Wildman–Crippen MR) is 120 cm³/mol. The third kappa shape index (κ3) is 25.0. The van der Waals surface area contributed by atoms with Gasteiger partial charge in [-0.05, 0) is 6.42 Å². The third-order valence-corrected chi connectivity index (χ3v) is 5.01. The highest BCUT2D eigenvalue weighted by molar-refractivity contribution is 5.69. The Balaban J connectivity index is 0. The maximum atomic E-state index is 11.0. The molecule has 2 N–H and O–H groups in total. The van der Waals surface area contributed by atoms with Crippen LogP contribution in [0.4, 0.5) is 0 Å². The van der Waals surface area contributed by atoms with Gasteiger partial charge in [0.2, 0.25) is 6.33 Å². The number of halogens is 1. The first-order chi connectivity index (χ1) is 14.2. The maximum Gasteiger partial charge on any atom is 0.308 e. The molecule has 0 atom stereocenters. The number of nitrogens with zero attached hydrogens (tertiary/aromatic N) is 1. The first-order valence-corrected chi connectivity index (χ1v) is 11.9. The monoisotopic (exact) mass is 446 g/mol. The molecule has 0 spiro atoms. The number of hydrogen-bond donors (Lipinski definition) is 2. The summed E-state index contributed by atoms with van der Waals surface area (Å²) >= 11 is 0. The molecule has 0 fully saturated rings. The second-order valence-corrected chi connectivity index (χ2v) is 7.92. The summed E-state index contributed by atoms with van der Waals surface area (Å²) in [5.41, 5.74) is 0. The highest BCUT2D eigenvalue weighted by Gasteiger charge is 2.00. The molecule has 0 aliphatic carbocycles. The van der Waals surface area contributed by atoms with E-state index in [1.165, 1.54) is 83.5 Å². The van der Waals surface area contributed by atoms with Gasteiger partial charge in [0.15, 0.2) is 0 Å². The molecule has 1 heterocycles. The van der Waals surface area contributed by atoms with Crippen LogP contribution >= 0.6 is 0 Å². The van der Waals surface area contributed by atoms with Crippen LogP contribution in [0.2, 0.25) is 0 Å². The normalized spacial score (nSPS) is 10.1. The second-order valence-electron chi connectivity index (χ2n) is 7.92. The Morgan fingerprint density at radius 1 is 0.867 bits per heavy atom. The summed E-state index contributed by atoms with van der Waals surface area (Å²) in [6.07, 6.45) is 25.9. The molecule has 0 aliphatic heterocycles. The van der Waals surface area contributed by atoms with Crippen LogP contribution in [0, 0.1) is 0 Å². The summed E-state index contributed by atoms with van der Waals surface area (Å²) in [6, 6.07) is 0. The lowest BCUT2D eigenvalue weighted by molar-refractivity contribution is -0.670. The number of aromatic amines is 1. The van der Waals surface area contributed by atoms with Gasteiger partial charge >= 0.3 is 5.97 Å². The fourth-order valence-corrected chi connectivity index (χ4v) is 3.19. The van der Waals surface area contributed by atoms with Crippen molar-refractivity contribution in [2.45, 2.75) is 110 Å². The average Bonchev–Trinajstić information content (AvgIpc) is 3.19. The lowest BCUT2D eigenvalue weighted by Crippen LogP contribution is -3.00. The minimum atomic E-state index is -0.280. The lowest BCUT2D eigenvalue weighted by atomic mass is 10.0. The number of ether oxygens (including phenoxy) is 1. The standard InChI is InChI=1S/C20H40O3.C4H6N2.ClH/c1-2-3-4-5-6-7-8-9-10-11-12-13-14-15-16-19-23-20(22)17-18-21;1-6-3-2-5-4-6;/h21H,2-19H2,1H3;2-4H,1H3;1H. The minimum absolute atomic E-state index is 0. The Bertz CT molecular complexity index is 442. The molecular weight excluding hydrogens is 400 g/mol. The van der Waals surface area contributed by atoms with E-state index in [0.717, 1.165) is 12.8 Å². The van der Waals surface area contributed by atoms with Gasteiger partial charge in [-0.3, -0.25) is 9.78 Å². The summed E-state index contributed by atoms with van der Waals surface area (Å²) in [5, 5.41) is 8.57. The first kappa shape index (κ1) is 31.1. The zero-order chi connectivity index (χ0) is 21.4. The number of nitrogens with one attached hydrogen (secondary N) is 1. The molecule has 0 saturated carbocycles. The van der Waals surface area contributed by atoms with Crippen molar-refractivity contribution in [2.24, 2.45) is 7.05 Å². The number of carbonyl (C=O) groups excluding carboxylic acids is 1. The van der Waals surface area contributed by atoms with Crippen molar-refractivity contribution in [1.82, 2.24) is 4.98 Å². The van der Waals surface area contributed by atoms with E-state index in [1.807, 2.05) is 30.3 Å². The summed E-state index contributed by atoms with van der Waals surface area (Å²) in [6.45, 7) is 2.67. The summed E-state index contributed by atoms with van der Waals surface area (Å²) in [7, 11) is 1.97. The molecule has 0 aliphatic rings. The third-order valence-electron chi connectivity index (χ3n) is 5.01. The topological polar surface area (TPSA) is 66.2 Å². The van der Waals surface area contributed by atoms with Crippen LogP contribution in [0.25, 0.3) is 0 Å². The number of aliphatic hydroxyl groups excluding tert-OH is 1. The van der Waals surface area contributed by atoms with Crippen LogP contribution in [0.3, 0.4) is 0 Å². The molecule has 0 bridgehead atoms. The Kier molecular flexibility index (Phi) is 26.9. The summed E-state index contributed by atoms with van der Waals surface area (Å²) in [4.78, 5) is 13.9. The van der Waals surface area contributed by atoms with E-state index in [9.17, 15) is 4.79 Å². The highest BCUT2D eigenvalue weighted by atomic mass is 35.5. The van der Waals surface area contributed by atoms with Crippen LogP contribution in [0.15, 0.2) is 18.7 Å². The van der Waals surface area contributed by atoms with Crippen molar-refractivity contribution in [2.75, 3.05) is 13.2 Å². The Morgan fingerprint density at radius 2 is 1.33 bits per heavy atom. The lowest BCUT2D eigenvalue weighted by Gasteiger charge is -2.04. The molecule has 6 heteroatoms. The van der Waals surface area contributed by atoms with Crippen LogP contribution in [0.5, 0.6) is 0 Å². The SMILES string of the molecule is CCCCCCCCCCCCCCCCCOC(=O)CCO.C[n+]1cc[nH]c1.[Cl-]. The number of carbonyl (C=O) groups is 1. The molecule has 1 aromatic rings. The van der Waals surface area contributed by atoms with Gasteiger partial charge in [0, 0.05) is 0 Å². The molecule has 1 aromatic heterocycles. The zero-order valence-corrected chi connectivity index (χ0v) is 20.3. The number of H-pyrrole nitrogens is 1. The molecule has 0 aromatic carbocycles. The van der Waals surface area contributed by atoms with E-state index in [2.05, 4.69) is 11.9 Å². The number of imidazole rings is 1. The zero-order valence-electron chi connectivity index (χ0n) is 19.5. The molecule has 30 heavy (non-hydrogen) atoms. The van der Waals surface area contributed by atoms with Crippen molar-refractivity contribution < 1.29 is 31.6 Å². The molecule has 0 unspecified atom stereocenters. The quantitative estimate of drug-likeness (QED) is 0.207. The number of aryl methyl sites for hydroxylation is 1. The minimum Gasteiger partial charge on any atom is -1.00 e. The van der Waals surface area contributed by atoms with Crippen molar-refractivity contribution in [1.29, 1.82) is 0 Å². The summed E-state index contributed by atoms with van der Waals surface area (Å²) < 4.78 is 6.94. The van der Waals surface area contributed by atoms with Crippen LogP contribution < -0.4 is 17.0 Å². The fourth-order valence-electron chi connectivity index (χ4n) is 3.19. The predicted octanol–water partition coefficient (Wildman–Crippen LogP) is 2.63. The van der Waals surface area contributed by atoms with Gasteiger partial charge in [-0.25, -0.2) is 4.57 Å². The van der Waals surface area contributed by atoms with Crippen LogP contribution in [-0.2, 0) is 16.6 Å². The Morgan fingerprint density at radius 3 is 1.67 bits per heavy atom. The molecule has 5 nitrogen and oxygen atoms in total. The first-order valence-electron chi connectivity index (χ1n) is 11.9. The van der Waals surface area contributed by atoms with Crippen molar-refractivity contribution in [3.63, 3.8) is 0 Å².